The van der Waals surface area contributed by atoms with Gasteiger partial charge in [0.1, 0.15) is 0 Å². The van der Waals surface area contributed by atoms with Crippen molar-refractivity contribution in [3.8, 4) is 0 Å². The Balaban J connectivity index is 2.05. The van der Waals surface area contributed by atoms with Crippen molar-refractivity contribution in [2.75, 3.05) is 25.6 Å². The first kappa shape index (κ1) is 10.4. The smallest absolute Gasteiger partial charge is 0.0619 e. The second-order valence-electron chi connectivity index (χ2n) is 3.43. The molecule has 0 spiro atoms. The summed E-state index contributed by atoms with van der Waals surface area (Å²) in [6.07, 6.45) is 2.54. The molecule has 72 valence electrons. The summed E-state index contributed by atoms with van der Waals surface area (Å²) < 4.78 is 10.9. The van der Waals surface area contributed by atoms with Crippen LogP contribution in [-0.2, 0) is 9.47 Å². The molecule has 2 nitrogen and oxygen atoms in total. The average Bonchev–Trinajstić information content (AvgIpc) is 2.16. The molecule has 1 rings (SSSR count). The lowest BCUT2D eigenvalue weighted by atomic mass is 10.1. The van der Waals surface area contributed by atoms with Gasteiger partial charge in [-0.2, -0.15) is 12.6 Å². The van der Waals surface area contributed by atoms with Gasteiger partial charge in [-0.15, -0.1) is 0 Å². The molecule has 1 atom stereocenters. The van der Waals surface area contributed by atoms with Crippen LogP contribution in [0.4, 0.5) is 0 Å². The molecule has 0 aliphatic carbocycles. The molecule has 1 heterocycles. The molecular formula is C9H18O2S. The van der Waals surface area contributed by atoms with Gasteiger partial charge in [0.2, 0.25) is 0 Å². The Kier molecular flexibility index (Phi) is 5.04. The fourth-order valence-corrected chi connectivity index (χ4v) is 1.30. The van der Waals surface area contributed by atoms with E-state index >= 15 is 0 Å². The second kappa shape index (κ2) is 5.84. The van der Waals surface area contributed by atoms with Crippen molar-refractivity contribution < 1.29 is 9.47 Å². The lowest BCUT2D eigenvalue weighted by Gasteiger charge is -2.23. The van der Waals surface area contributed by atoms with E-state index in [1.54, 1.807) is 0 Å². The van der Waals surface area contributed by atoms with Crippen LogP contribution in [0.3, 0.4) is 0 Å². The summed E-state index contributed by atoms with van der Waals surface area (Å²) in [4.78, 5) is 0. The predicted octanol–water partition coefficient (Wildman–Crippen LogP) is 1.75. The molecule has 1 aliphatic rings. The van der Waals surface area contributed by atoms with Crippen LogP contribution in [-0.4, -0.2) is 31.7 Å². The molecule has 1 saturated heterocycles. The van der Waals surface area contributed by atoms with Gasteiger partial charge >= 0.3 is 0 Å². The van der Waals surface area contributed by atoms with Crippen molar-refractivity contribution in [3.05, 3.63) is 0 Å². The van der Waals surface area contributed by atoms with Crippen LogP contribution >= 0.6 is 12.6 Å². The van der Waals surface area contributed by atoms with E-state index in [1.165, 1.54) is 0 Å². The minimum absolute atomic E-state index is 0.432. The van der Waals surface area contributed by atoms with Crippen molar-refractivity contribution in [1.82, 2.24) is 0 Å². The maximum Gasteiger partial charge on any atom is 0.0619 e. The maximum absolute atomic E-state index is 5.71. The highest BCUT2D eigenvalue weighted by Crippen LogP contribution is 2.12. The summed E-state index contributed by atoms with van der Waals surface area (Å²) in [5.74, 6) is 1.47. The van der Waals surface area contributed by atoms with Crippen LogP contribution in [0.1, 0.15) is 19.8 Å². The highest BCUT2D eigenvalue weighted by Gasteiger charge is 2.14. The Hall–Kier alpha value is 0.270. The summed E-state index contributed by atoms with van der Waals surface area (Å²) in [6, 6.07) is 0. The summed E-state index contributed by atoms with van der Waals surface area (Å²) in [5.41, 5.74) is 0. The third kappa shape index (κ3) is 3.78. The fourth-order valence-electron chi connectivity index (χ4n) is 1.20. The zero-order valence-electron chi connectivity index (χ0n) is 7.66. The summed E-state index contributed by atoms with van der Waals surface area (Å²) in [7, 11) is 0. The minimum atomic E-state index is 0.432. The molecule has 0 aromatic carbocycles. The SMILES string of the molecule is CC(CS)COC1CCOCC1. The van der Waals surface area contributed by atoms with E-state index in [9.17, 15) is 0 Å². The molecule has 0 saturated carbocycles. The number of hydrogen-bond donors (Lipinski definition) is 1. The minimum Gasteiger partial charge on any atom is -0.381 e. The van der Waals surface area contributed by atoms with Gasteiger partial charge in [0.05, 0.1) is 12.7 Å². The van der Waals surface area contributed by atoms with E-state index in [4.69, 9.17) is 9.47 Å². The molecule has 1 aliphatic heterocycles. The molecule has 0 radical (unpaired) electrons. The van der Waals surface area contributed by atoms with Crippen LogP contribution in [0, 0.1) is 5.92 Å². The maximum atomic E-state index is 5.71. The van der Waals surface area contributed by atoms with Crippen LogP contribution in [0.5, 0.6) is 0 Å². The first-order valence-corrected chi connectivity index (χ1v) is 5.26. The van der Waals surface area contributed by atoms with Crippen LogP contribution in [0.25, 0.3) is 0 Å². The Labute approximate surface area is 80.0 Å². The third-order valence-electron chi connectivity index (χ3n) is 2.10. The largest absolute Gasteiger partial charge is 0.381 e. The molecule has 1 unspecified atom stereocenters. The molecule has 0 bridgehead atoms. The Morgan fingerprint density at radius 3 is 2.75 bits per heavy atom. The van der Waals surface area contributed by atoms with E-state index in [1.807, 2.05) is 0 Å². The standard InChI is InChI=1S/C9H18O2S/c1-8(7-12)6-11-9-2-4-10-5-3-9/h8-9,12H,2-7H2,1H3. The normalized spacial score (nSPS) is 22.5. The van der Waals surface area contributed by atoms with E-state index < -0.39 is 0 Å². The van der Waals surface area contributed by atoms with Gasteiger partial charge in [-0.3, -0.25) is 0 Å². The number of ether oxygens (including phenoxy) is 2. The number of hydrogen-bond acceptors (Lipinski definition) is 3. The zero-order chi connectivity index (χ0) is 8.81. The van der Waals surface area contributed by atoms with E-state index in [0.717, 1.165) is 38.4 Å². The van der Waals surface area contributed by atoms with E-state index in [-0.39, 0.29) is 0 Å². The Morgan fingerprint density at radius 2 is 2.17 bits per heavy atom. The number of rotatable bonds is 4. The van der Waals surface area contributed by atoms with Gasteiger partial charge in [0.25, 0.3) is 0 Å². The lowest BCUT2D eigenvalue weighted by molar-refractivity contribution is -0.0391. The van der Waals surface area contributed by atoms with Gasteiger partial charge in [-0.05, 0) is 24.5 Å². The van der Waals surface area contributed by atoms with Crippen LogP contribution in [0.15, 0.2) is 0 Å². The van der Waals surface area contributed by atoms with Crippen molar-refractivity contribution in [3.63, 3.8) is 0 Å². The average molecular weight is 190 g/mol. The van der Waals surface area contributed by atoms with Crippen molar-refractivity contribution >= 4 is 12.6 Å². The quantitative estimate of drug-likeness (QED) is 0.681. The molecule has 0 aromatic heterocycles. The molecule has 0 amide bonds. The summed E-state index contributed by atoms with van der Waals surface area (Å²) in [6.45, 7) is 4.72. The topological polar surface area (TPSA) is 18.5 Å². The highest BCUT2D eigenvalue weighted by atomic mass is 32.1. The van der Waals surface area contributed by atoms with Gasteiger partial charge in [0.15, 0.2) is 0 Å². The van der Waals surface area contributed by atoms with E-state index in [2.05, 4.69) is 19.6 Å². The predicted molar refractivity (Wildman–Crippen MR) is 52.8 cm³/mol. The highest BCUT2D eigenvalue weighted by molar-refractivity contribution is 7.80. The van der Waals surface area contributed by atoms with Crippen LogP contribution in [0.2, 0.25) is 0 Å². The monoisotopic (exact) mass is 190 g/mol. The second-order valence-corrected chi connectivity index (χ2v) is 3.80. The first-order valence-electron chi connectivity index (χ1n) is 4.63. The van der Waals surface area contributed by atoms with Gasteiger partial charge in [-0.25, -0.2) is 0 Å². The first-order chi connectivity index (χ1) is 5.83. The molecule has 0 aromatic rings. The van der Waals surface area contributed by atoms with Crippen molar-refractivity contribution in [1.29, 1.82) is 0 Å². The molecule has 0 N–H and O–H groups in total. The summed E-state index contributed by atoms with van der Waals surface area (Å²) in [5, 5.41) is 0. The molecule has 12 heavy (non-hydrogen) atoms. The molecule has 3 heteroatoms. The van der Waals surface area contributed by atoms with E-state index in [0.29, 0.717) is 12.0 Å². The molecule has 1 fully saturated rings. The lowest BCUT2D eigenvalue weighted by Crippen LogP contribution is -2.25. The van der Waals surface area contributed by atoms with Gasteiger partial charge < -0.3 is 9.47 Å². The van der Waals surface area contributed by atoms with Crippen molar-refractivity contribution in [2.24, 2.45) is 5.92 Å². The fraction of sp³-hybridized carbons (Fsp3) is 1.00. The zero-order valence-corrected chi connectivity index (χ0v) is 8.56. The summed E-state index contributed by atoms with van der Waals surface area (Å²) >= 11 is 4.21. The van der Waals surface area contributed by atoms with Gasteiger partial charge in [-0.1, -0.05) is 6.92 Å². The van der Waals surface area contributed by atoms with Crippen molar-refractivity contribution in [2.45, 2.75) is 25.9 Å². The molecular weight excluding hydrogens is 172 g/mol. The third-order valence-corrected chi connectivity index (χ3v) is 2.72. The van der Waals surface area contributed by atoms with Crippen LogP contribution < -0.4 is 0 Å². The van der Waals surface area contributed by atoms with Gasteiger partial charge in [0, 0.05) is 13.2 Å². The Bertz CT molecular complexity index is 113. The number of thiol groups is 1. The Morgan fingerprint density at radius 1 is 1.50 bits per heavy atom.